The normalized spacial score (nSPS) is 13.9. The van der Waals surface area contributed by atoms with Crippen molar-refractivity contribution in [2.75, 3.05) is 0 Å². The predicted molar refractivity (Wildman–Crippen MR) is 262 cm³/mol. The third-order valence-electron chi connectivity index (χ3n) is 11.3. The molecule has 0 aliphatic rings. The maximum Gasteiger partial charge on any atom is 0.269 e. The van der Waals surface area contributed by atoms with Crippen LogP contribution in [0.25, 0.3) is 83.4 Å². The Morgan fingerprint density at radius 3 is 2.03 bits per heavy atom. The highest BCUT2D eigenvalue weighted by atomic mass is 16.5. The molecule has 0 N–H and O–H groups in total. The number of hydrogen-bond donors (Lipinski definition) is 0. The fourth-order valence-electron chi connectivity index (χ4n) is 8.62. The molecule has 0 fully saturated rings. The Morgan fingerprint density at radius 1 is 0.578 bits per heavy atom. The van der Waals surface area contributed by atoms with Crippen molar-refractivity contribution in [3.63, 3.8) is 0 Å². The Kier molecular flexibility index (Phi) is 7.34. The van der Waals surface area contributed by atoms with Gasteiger partial charge in [0, 0.05) is 23.0 Å². The summed E-state index contributed by atoms with van der Waals surface area (Å²) < 4.78 is 99.6. The summed E-state index contributed by atoms with van der Waals surface area (Å²) in [7, 11) is 0. The molecule has 0 aliphatic carbocycles. The molecule has 308 valence electrons. The van der Waals surface area contributed by atoms with Gasteiger partial charge in [-0.15, -0.1) is 0 Å². The Morgan fingerprint density at radius 2 is 1.28 bits per heavy atom. The number of ether oxygens (including phenoxy) is 1. The SMILES string of the molecule is [2H]c1c([2H])c([2H])c(-c2cccc(-c3c([2H])c([2H])c([2H])c([2H])c3[2H])c2-[n+]2[c-]n(-c3cccc(Oc4ccc5c6cc(-c7ccccc7)ccc6n(-c6cc(CC(C)(C)C)ccn6)c5c4)c3)c3ccccc32)c([2H])c1[2H]. The zero-order valence-electron chi connectivity index (χ0n) is 45.3. The van der Waals surface area contributed by atoms with E-state index in [0.29, 0.717) is 28.2 Å². The van der Waals surface area contributed by atoms with Gasteiger partial charge in [0.15, 0.2) is 0 Å². The number of fused-ring (bicyclic) bond motifs is 4. The maximum absolute atomic E-state index is 9.04. The Labute approximate surface area is 387 Å². The summed E-state index contributed by atoms with van der Waals surface area (Å²) in [5, 5.41) is 2.11. The second kappa shape index (κ2) is 16.0. The smallest absolute Gasteiger partial charge is 0.269 e. The molecule has 0 radical (unpaired) electrons. The molecule has 64 heavy (non-hydrogen) atoms. The summed E-state index contributed by atoms with van der Waals surface area (Å²) in [5.41, 5.74) is 7.47. The molecule has 0 aliphatic heterocycles. The number of hydrogen-bond acceptors (Lipinski definition) is 2. The van der Waals surface area contributed by atoms with E-state index in [1.54, 1.807) is 27.3 Å². The van der Waals surface area contributed by atoms with Gasteiger partial charge in [0.1, 0.15) is 17.3 Å². The molecular formula is C59H46N4O. The summed E-state index contributed by atoms with van der Waals surface area (Å²) >= 11 is 0. The van der Waals surface area contributed by atoms with Crippen LogP contribution in [0, 0.1) is 11.7 Å². The lowest BCUT2D eigenvalue weighted by Gasteiger charge is -2.18. The molecule has 8 aromatic carbocycles. The third-order valence-corrected chi connectivity index (χ3v) is 11.3. The average molecular weight is 837 g/mol. The van der Waals surface area contributed by atoms with Crippen LogP contribution in [-0.2, 0) is 6.42 Å². The van der Waals surface area contributed by atoms with Crippen LogP contribution in [0.4, 0.5) is 0 Å². The van der Waals surface area contributed by atoms with E-state index in [-0.39, 0.29) is 33.4 Å². The van der Waals surface area contributed by atoms with Crippen molar-refractivity contribution in [3.05, 3.63) is 224 Å². The van der Waals surface area contributed by atoms with Crippen LogP contribution in [0.15, 0.2) is 212 Å². The van der Waals surface area contributed by atoms with Crippen LogP contribution in [0.5, 0.6) is 11.5 Å². The van der Waals surface area contributed by atoms with Gasteiger partial charge in [0.05, 0.1) is 47.1 Å². The molecule has 5 heteroatoms. The molecule has 3 aromatic heterocycles. The van der Waals surface area contributed by atoms with Gasteiger partial charge in [-0.05, 0) is 105 Å². The van der Waals surface area contributed by atoms with Gasteiger partial charge in [-0.2, -0.15) is 0 Å². The highest BCUT2D eigenvalue weighted by Gasteiger charge is 2.21. The second-order valence-electron chi connectivity index (χ2n) is 16.9. The minimum atomic E-state index is -0.567. The first-order chi connectivity index (χ1) is 35.5. The molecule has 3 heterocycles. The molecule has 0 atom stereocenters. The minimum Gasteiger partial charge on any atom is -0.458 e. The van der Waals surface area contributed by atoms with Crippen LogP contribution < -0.4 is 9.30 Å². The first-order valence-electron chi connectivity index (χ1n) is 26.1. The molecule has 0 bridgehead atoms. The first-order valence-corrected chi connectivity index (χ1v) is 21.1. The quantitative estimate of drug-likeness (QED) is 0.107. The number of imidazole rings is 1. The highest BCUT2D eigenvalue weighted by molar-refractivity contribution is 6.10. The van der Waals surface area contributed by atoms with E-state index in [0.717, 1.165) is 45.2 Å². The lowest BCUT2D eigenvalue weighted by Crippen LogP contribution is -2.31. The molecule has 0 saturated carbocycles. The van der Waals surface area contributed by atoms with Crippen molar-refractivity contribution in [1.82, 2.24) is 14.1 Å². The Balaban J connectivity index is 1.07. The largest absolute Gasteiger partial charge is 0.458 e. The number of pyridine rings is 1. The van der Waals surface area contributed by atoms with Gasteiger partial charge < -0.3 is 4.74 Å². The first kappa shape index (κ1) is 29.3. The molecular weight excluding hydrogens is 781 g/mol. The van der Waals surface area contributed by atoms with Crippen molar-refractivity contribution in [3.8, 4) is 62.1 Å². The number of rotatable bonds is 9. The fraction of sp³-hybridized carbons (Fsp3) is 0.0847. The van der Waals surface area contributed by atoms with Gasteiger partial charge in [-0.25, -0.2) is 4.98 Å². The monoisotopic (exact) mass is 836 g/mol. The zero-order valence-corrected chi connectivity index (χ0v) is 35.3. The molecule has 0 spiro atoms. The average Bonchev–Trinajstić information content (AvgIpc) is 3.95. The van der Waals surface area contributed by atoms with Gasteiger partial charge in [-0.3, -0.25) is 13.7 Å². The number of aromatic nitrogens is 4. The van der Waals surface area contributed by atoms with Crippen LogP contribution in [0.3, 0.4) is 0 Å². The van der Waals surface area contributed by atoms with E-state index < -0.39 is 60.4 Å². The third kappa shape index (κ3) is 7.31. The Hall–Kier alpha value is -8.02. The molecule has 11 rings (SSSR count). The van der Waals surface area contributed by atoms with E-state index in [2.05, 4.69) is 80.2 Å². The van der Waals surface area contributed by atoms with Crippen molar-refractivity contribution in [2.24, 2.45) is 5.41 Å². The lowest BCUT2D eigenvalue weighted by molar-refractivity contribution is -0.571. The topological polar surface area (TPSA) is 35.9 Å². The number of benzene rings is 8. The fourth-order valence-corrected chi connectivity index (χ4v) is 8.62. The maximum atomic E-state index is 9.04. The minimum absolute atomic E-state index is 0.0697. The molecule has 0 amide bonds. The molecule has 11 aromatic rings. The van der Waals surface area contributed by atoms with E-state index in [1.807, 2.05) is 85.1 Å². The summed E-state index contributed by atoms with van der Waals surface area (Å²) in [4.78, 5) is 4.91. The molecule has 5 nitrogen and oxygen atoms in total. The zero-order chi connectivity index (χ0) is 51.9. The van der Waals surface area contributed by atoms with E-state index in [9.17, 15) is 0 Å². The van der Waals surface area contributed by atoms with Crippen molar-refractivity contribution >= 4 is 32.8 Å². The van der Waals surface area contributed by atoms with Gasteiger partial charge in [-0.1, -0.05) is 166 Å². The highest BCUT2D eigenvalue weighted by Crippen LogP contribution is 2.39. The number of para-hydroxylation sites is 3. The van der Waals surface area contributed by atoms with Crippen molar-refractivity contribution < 1.29 is 23.0 Å². The van der Waals surface area contributed by atoms with Crippen LogP contribution in [-0.4, -0.2) is 14.1 Å². The van der Waals surface area contributed by atoms with E-state index in [1.165, 1.54) is 5.56 Å². The van der Waals surface area contributed by atoms with Crippen LogP contribution in [0.2, 0.25) is 0 Å². The summed E-state index contributed by atoms with van der Waals surface area (Å²) in [6.07, 6.45) is 6.20. The van der Waals surface area contributed by atoms with E-state index in [4.69, 9.17) is 23.4 Å². The summed E-state index contributed by atoms with van der Waals surface area (Å²) in [6, 6.07) is 41.6. The standard InChI is InChI=1S/C59H46N4O/c1-59(2,3)39-41-33-34-60-57(35-41)63-53-32-29-45(42-17-7-4-8-18-42)36-52(53)51-31-30-48(38-56(51)63)64-47-24-15-23-46(37-47)61-40-62(55-28-14-13-27-54(55)61)58-49(43-19-9-5-10-20-43)25-16-26-50(58)44-21-11-6-12-22-44/h4-38H,39H2,1-3H3/i5D,6D,9D,10D,11D,12D,19D,20D,21D,22D. The van der Waals surface area contributed by atoms with Gasteiger partial charge in [0.25, 0.3) is 6.33 Å². The second-order valence-corrected chi connectivity index (χ2v) is 16.9. The molecule has 0 unspecified atom stereocenters. The lowest BCUT2D eigenvalue weighted by atomic mass is 9.88. The predicted octanol–water partition coefficient (Wildman–Crippen LogP) is 14.6. The van der Waals surface area contributed by atoms with Crippen LogP contribution in [0.1, 0.15) is 40.0 Å². The summed E-state index contributed by atoms with van der Waals surface area (Å²) in [6.45, 7) is 6.68. The van der Waals surface area contributed by atoms with Gasteiger partial charge in [0.2, 0.25) is 0 Å². The van der Waals surface area contributed by atoms with Crippen LogP contribution >= 0.6 is 0 Å². The Bertz CT molecular complexity index is 3940. The van der Waals surface area contributed by atoms with E-state index >= 15 is 0 Å². The molecule has 0 saturated heterocycles. The van der Waals surface area contributed by atoms with Crippen molar-refractivity contribution in [2.45, 2.75) is 27.2 Å². The summed E-state index contributed by atoms with van der Waals surface area (Å²) in [5.74, 6) is 1.89. The number of nitrogens with zero attached hydrogens (tertiary/aromatic N) is 4. The van der Waals surface area contributed by atoms with Crippen molar-refractivity contribution in [1.29, 1.82) is 0 Å². The van der Waals surface area contributed by atoms with Gasteiger partial charge >= 0.3 is 0 Å².